The average molecular weight is 740 g/mol. The Morgan fingerprint density at radius 1 is 1.08 bits per heavy atom. The topological polar surface area (TPSA) is 89.9 Å². The molecule has 1 amide bonds. The third-order valence-corrected chi connectivity index (χ3v) is 10.9. The molecule has 3 aromatic rings. The number of morpholine rings is 1. The van der Waals surface area contributed by atoms with E-state index in [2.05, 4.69) is 10.2 Å². The number of esters is 1. The normalized spacial score (nSPS) is 19.4. The van der Waals surface area contributed by atoms with Crippen molar-refractivity contribution in [3.8, 4) is 11.1 Å². The van der Waals surface area contributed by atoms with Crippen molar-refractivity contribution in [2.24, 2.45) is 5.92 Å². The highest BCUT2D eigenvalue weighted by Gasteiger charge is 2.40. The molecular formula is C41H49F4N3O5. The largest absolute Gasteiger partial charge is 0.466 e. The second-order valence-corrected chi connectivity index (χ2v) is 15.2. The van der Waals surface area contributed by atoms with Crippen LogP contribution in [0.2, 0.25) is 0 Å². The number of amides is 1. The van der Waals surface area contributed by atoms with Crippen molar-refractivity contribution >= 4 is 11.9 Å². The lowest BCUT2D eigenvalue weighted by Gasteiger charge is -2.28. The molecule has 2 saturated heterocycles. The molecule has 2 fully saturated rings. The van der Waals surface area contributed by atoms with Crippen LogP contribution in [0.5, 0.6) is 0 Å². The molecule has 53 heavy (non-hydrogen) atoms. The maximum absolute atomic E-state index is 14.4. The summed E-state index contributed by atoms with van der Waals surface area (Å²) in [5, 5.41) is 3.02. The average Bonchev–Trinajstić information content (AvgIpc) is 3.83. The maximum atomic E-state index is 14.4. The summed E-state index contributed by atoms with van der Waals surface area (Å²) in [6, 6.07) is 5.64. The quantitative estimate of drug-likeness (QED) is 0.148. The molecule has 12 heteroatoms. The van der Waals surface area contributed by atoms with Crippen molar-refractivity contribution in [2.75, 3.05) is 26.3 Å². The number of ether oxygens (including phenoxy) is 2. The molecule has 4 unspecified atom stereocenters. The number of aromatic nitrogens is 1. The van der Waals surface area contributed by atoms with Crippen LogP contribution in [0.1, 0.15) is 97.5 Å². The van der Waals surface area contributed by atoms with Crippen molar-refractivity contribution in [3.63, 3.8) is 0 Å². The number of fused-ring (bicyclic) bond motifs is 3. The summed E-state index contributed by atoms with van der Waals surface area (Å²) >= 11 is 0. The highest BCUT2D eigenvalue weighted by atomic mass is 19.4. The lowest BCUT2D eigenvalue weighted by molar-refractivity contribution is -0.144. The number of hydrogen-bond acceptors (Lipinski definition) is 6. The fraction of sp³-hybridized carbons (Fsp3) is 0.537. The summed E-state index contributed by atoms with van der Waals surface area (Å²) in [5.41, 5.74) is 4.21. The Kier molecular flexibility index (Phi) is 11.5. The number of alkyl halides is 3. The van der Waals surface area contributed by atoms with E-state index in [1.165, 1.54) is 18.3 Å². The fourth-order valence-corrected chi connectivity index (χ4v) is 8.51. The number of carbonyl (C=O) groups is 2. The van der Waals surface area contributed by atoms with Crippen molar-refractivity contribution in [1.29, 1.82) is 0 Å². The molecule has 8 nitrogen and oxygen atoms in total. The minimum absolute atomic E-state index is 0.0416. The molecule has 2 aromatic carbocycles. The molecule has 1 aromatic heterocycles. The monoisotopic (exact) mass is 739 g/mol. The number of aryl methyl sites for hydroxylation is 3. The molecule has 0 spiro atoms. The van der Waals surface area contributed by atoms with Crippen LogP contribution in [-0.4, -0.2) is 59.8 Å². The standard InChI is InChI=1S/C41H49F4N3O5/c1-6-52-38(50)19-35(28-15-26-8-7-9-32(26)33(16-28)39-24(4)13-29(42)14-25(39)5)46-40(51)36(12-23(2)3)48-20-27(34(18-37(48)49)41(43,44)45)10-11-47-21-31-17-30(47)22-53-31/h13-16,18,20,23,30-31,35-36H,6-12,17,19,21-22H2,1-5H3,(H,46,51). The second-order valence-electron chi connectivity index (χ2n) is 15.2. The van der Waals surface area contributed by atoms with Crippen molar-refractivity contribution in [2.45, 2.75) is 110 Å². The Hall–Kier alpha value is -4.03. The van der Waals surface area contributed by atoms with Crippen LogP contribution in [0.25, 0.3) is 11.1 Å². The second kappa shape index (κ2) is 15.8. The number of pyridine rings is 1. The maximum Gasteiger partial charge on any atom is 0.416 e. The molecule has 2 bridgehead atoms. The van der Waals surface area contributed by atoms with Crippen LogP contribution in [0.15, 0.2) is 41.3 Å². The van der Waals surface area contributed by atoms with Gasteiger partial charge in [-0.1, -0.05) is 19.9 Å². The molecule has 6 rings (SSSR count). The molecule has 0 saturated carbocycles. The van der Waals surface area contributed by atoms with Crippen LogP contribution in [0.3, 0.4) is 0 Å². The van der Waals surface area contributed by atoms with E-state index >= 15 is 0 Å². The molecule has 4 atom stereocenters. The van der Waals surface area contributed by atoms with E-state index in [0.717, 1.165) is 63.6 Å². The summed E-state index contributed by atoms with van der Waals surface area (Å²) in [5.74, 6) is -1.57. The van der Waals surface area contributed by atoms with E-state index in [0.29, 0.717) is 31.3 Å². The third-order valence-electron chi connectivity index (χ3n) is 10.9. The van der Waals surface area contributed by atoms with Gasteiger partial charge in [0.05, 0.1) is 37.3 Å². The smallest absolute Gasteiger partial charge is 0.416 e. The number of benzene rings is 2. The van der Waals surface area contributed by atoms with Gasteiger partial charge in [-0.05, 0) is 128 Å². The van der Waals surface area contributed by atoms with Gasteiger partial charge in [0.2, 0.25) is 5.91 Å². The Labute approximate surface area is 307 Å². The number of carbonyl (C=O) groups excluding carboxylic acids is 2. The lowest BCUT2D eigenvalue weighted by Crippen LogP contribution is -2.41. The van der Waals surface area contributed by atoms with Gasteiger partial charge >= 0.3 is 12.1 Å². The van der Waals surface area contributed by atoms with Crippen LogP contribution in [-0.2, 0) is 44.5 Å². The van der Waals surface area contributed by atoms with Crippen molar-refractivity contribution in [1.82, 2.24) is 14.8 Å². The zero-order chi connectivity index (χ0) is 38.2. The minimum atomic E-state index is -4.76. The summed E-state index contributed by atoms with van der Waals surface area (Å²) in [6.07, 6.45) is -0.0684. The van der Waals surface area contributed by atoms with Gasteiger partial charge in [0.1, 0.15) is 11.9 Å². The van der Waals surface area contributed by atoms with Crippen LogP contribution >= 0.6 is 0 Å². The number of halogens is 4. The van der Waals surface area contributed by atoms with Gasteiger partial charge in [0, 0.05) is 31.4 Å². The fourth-order valence-electron chi connectivity index (χ4n) is 8.51. The summed E-state index contributed by atoms with van der Waals surface area (Å²) in [4.78, 5) is 43.1. The predicted molar refractivity (Wildman–Crippen MR) is 193 cm³/mol. The van der Waals surface area contributed by atoms with Gasteiger partial charge in [-0.3, -0.25) is 19.3 Å². The van der Waals surface area contributed by atoms with Gasteiger partial charge in [-0.2, -0.15) is 13.2 Å². The zero-order valence-corrected chi connectivity index (χ0v) is 31.1. The summed E-state index contributed by atoms with van der Waals surface area (Å²) < 4.78 is 69.4. The first-order chi connectivity index (χ1) is 25.1. The number of nitrogens with zero attached hydrogens (tertiary/aromatic N) is 2. The first kappa shape index (κ1) is 38.7. The summed E-state index contributed by atoms with van der Waals surface area (Å²) in [6.45, 7) is 10.8. The van der Waals surface area contributed by atoms with Crippen LogP contribution < -0.4 is 10.9 Å². The van der Waals surface area contributed by atoms with E-state index in [-0.39, 0.29) is 55.3 Å². The molecule has 1 aliphatic carbocycles. The van der Waals surface area contributed by atoms with Crippen molar-refractivity contribution in [3.05, 3.63) is 91.6 Å². The van der Waals surface area contributed by atoms with Crippen LogP contribution in [0, 0.1) is 25.6 Å². The highest BCUT2D eigenvalue weighted by Crippen LogP contribution is 2.40. The van der Waals surface area contributed by atoms with E-state index in [9.17, 15) is 31.9 Å². The third kappa shape index (κ3) is 8.54. The SMILES string of the molecule is CCOC(=O)CC(NC(=O)C(CC(C)C)n1cc(CCN2CC3CC2CO3)c(C(F)(F)F)cc1=O)c1cc2c(c(-c3c(C)cc(F)cc3C)c1)CCC2. The van der Waals surface area contributed by atoms with Gasteiger partial charge < -0.3 is 19.4 Å². The Morgan fingerprint density at radius 3 is 2.43 bits per heavy atom. The molecule has 3 aliphatic rings. The van der Waals surface area contributed by atoms with Gasteiger partial charge in [-0.15, -0.1) is 0 Å². The Morgan fingerprint density at radius 2 is 1.81 bits per heavy atom. The number of hydrogen-bond donors (Lipinski definition) is 1. The van der Waals surface area contributed by atoms with E-state index in [1.807, 2.05) is 39.8 Å². The van der Waals surface area contributed by atoms with Crippen molar-refractivity contribution < 1.29 is 36.6 Å². The molecule has 286 valence electrons. The molecule has 1 N–H and O–H groups in total. The van der Waals surface area contributed by atoms with E-state index < -0.39 is 41.3 Å². The molecule has 2 aliphatic heterocycles. The predicted octanol–water partition coefficient (Wildman–Crippen LogP) is 7.19. The van der Waals surface area contributed by atoms with Gasteiger partial charge in [0.25, 0.3) is 5.56 Å². The van der Waals surface area contributed by atoms with E-state index in [1.54, 1.807) is 6.92 Å². The molecular weight excluding hydrogens is 690 g/mol. The zero-order valence-electron chi connectivity index (χ0n) is 31.1. The van der Waals surface area contributed by atoms with Crippen LogP contribution in [0.4, 0.5) is 17.6 Å². The first-order valence-corrected chi connectivity index (χ1v) is 18.7. The minimum Gasteiger partial charge on any atom is -0.466 e. The van der Waals surface area contributed by atoms with Gasteiger partial charge in [0.15, 0.2) is 0 Å². The van der Waals surface area contributed by atoms with E-state index in [4.69, 9.17) is 9.47 Å². The first-order valence-electron chi connectivity index (χ1n) is 18.7. The Balaban J connectivity index is 1.37. The number of likely N-dealkylation sites (tertiary alicyclic amines) is 1. The Bertz CT molecular complexity index is 1900. The number of rotatable bonds is 13. The molecule has 3 heterocycles. The van der Waals surface area contributed by atoms with Gasteiger partial charge in [-0.25, -0.2) is 4.39 Å². The highest BCUT2D eigenvalue weighted by molar-refractivity contribution is 5.82. The lowest BCUT2D eigenvalue weighted by atomic mass is 9.87. The summed E-state index contributed by atoms with van der Waals surface area (Å²) in [7, 11) is 0. The molecule has 0 radical (unpaired) electrons. The number of nitrogens with one attached hydrogen (secondary N) is 1.